The molecule has 102 valence electrons. The second kappa shape index (κ2) is 7.80. The zero-order chi connectivity index (χ0) is 13.4. The van der Waals surface area contributed by atoms with Gasteiger partial charge in [0.2, 0.25) is 0 Å². The summed E-state index contributed by atoms with van der Waals surface area (Å²) in [4.78, 5) is 0. The van der Waals surface area contributed by atoms with Crippen LogP contribution in [0, 0.1) is 0 Å². The number of halogens is 1. The van der Waals surface area contributed by atoms with E-state index in [4.69, 9.17) is 5.73 Å². The van der Waals surface area contributed by atoms with Crippen molar-refractivity contribution in [2.45, 2.75) is 51.5 Å². The van der Waals surface area contributed by atoms with Gasteiger partial charge in [0.05, 0.1) is 0 Å². The first-order valence-electron chi connectivity index (χ1n) is 6.83. The Balaban J connectivity index is 2.53. The van der Waals surface area contributed by atoms with Crippen molar-refractivity contribution < 1.29 is 0 Å². The summed E-state index contributed by atoms with van der Waals surface area (Å²) < 4.78 is 1.10. The van der Waals surface area contributed by atoms with Crippen molar-refractivity contribution in [3.63, 3.8) is 0 Å². The first kappa shape index (κ1) is 15.5. The van der Waals surface area contributed by atoms with Gasteiger partial charge in [0.25, 0.3) is 0 Å². The number of nitrogens with one attached hydrogen (secondary N) is 1. The smallest absolute Gasteiger partial charge is 0.0467 e. The summed E-state index contributed by atoms with van der Waals surface area (Å²) in [7, 11) is 0. The topological polar surface area (TPSA) is 38.0 Å². The molecule has 0 aromatic heterocycles. The Bertz CT molecular complexity index is 354. The summed E-state index contributed by atoms with van der Waals surface area (Å²) in [6.45, 7) is 5.10. The molecule has 0 saturated heterocycles. The Morgan fingerprint density at radius 3 is 2.67 bits per heavy atom. The highest BCUT2D eigenvalue weighted by Crippen LogP contribution is 2.23. The van der Waals surface area contributed by atoms with Gasteiger partial charge in [0, 0.05) is 22.2 Å². The second-order valence-corrected chi connectivity index (χ2v) is 6.13. The number of rotatable bonds is 8. The molecule has 0 heterocycles. The van der Waals surface area contributed by atoms with Gasteiger partial charge in [-0.05, 0) is 31.5 Å². The van der Waals surface area contributed by atoms with Crippen LogP contribution in [0.1, 0.15) is 46.0 Å². The Morgan fingerprint density at radius 2 is 2.06 bits per heavy atom. The molecule has 0 bridgehead atoms. The average Bonchev–Trinajstić information content (AvgIpc) is 2.35. The third kappa shape index (κ3) is 5.40. The molecule has 1 aromatic rings. The SMILES string of the molecule is CCCCCCC(C)(CN)Nc1cccc(Br)c1. The fraction of sp³-hybridized carbons (Fsp3) is 0.600. The number of anilines is 1. The highest BCUT2D eigenvalue weighted by molar-refractivity contribution is 9.10. The molecule has 1 atom stereocenters. The van der Waals surface area contributed by atoms with Crippen LogP contribution in [0.2, 0.25) is 0 Å². The van der Waals surface area contributed by atoms with Gasteiger partial charge < -0.3 is 11.1 Å². The molecule has 18 heavy (non-hydrogen) atoms. The number of hydrogen-bond donors (Lipinski definition) is 2. The van der Waals surface area contributed by atoms with E-state index in [-0.39, 0.29) is 5.54 Å². The minimum Gasteiger partial charge on any atom is -0.379 e. The molecule has 3 N–H and O–H groups in total. The fourth-order valence-electron chi connectivity index (χ4n) is 2.07. The molecule has 0 aliphatic carbocycles. The Hall–Kier alpha value is -0.540. The number of benzene rings is 1. The van der Waals surface area contributed by atoms with E-state index in [1.807, 2.05) is 12.1 Å². The number of unbranched alkanes of at least 4 members (excludes halogenated alkanes) is 3. The second-order valence-electron chi connectivity index (χ2n) is 5.21. The molecule has 3 heteroatoms. The van der Waals surface area contributed by atoms with Crippen molar-refractivity contribution >= 4 is 21.6 Å². The van der Waals surface area contributed by atoms with Crippen LogP contribution in [0.25, 0.3) is 0 Å². The van der Waals surface area contributed by atoms with E-state index in [1.54, 1.807) is 0 Å². The van der Waals surface area contributed by atoms with Crippen LogP contribution < -0.4 is 11.1 Å². The van der Waals surface area contributed by atoms with Crippen molar-refractivity contribution in [1.82, 2.24) is 0 Å². The van der Waals surface area contributed by atoms with Gasteiger partial charge >= 0.3 is 0 Å². The molecule has 2 nitrogen and oxygen atoms in total. The van der Waals surface area contributed by atoms with E-state index >= 15 is 0 Å². The van der Waals surface area contributed by atoms with Crippen LogP contribution in [0.3, 0.4) is 0 Å². The van der Waals surface area contributed by atoms with Crippen LogP contribution in [-0.4, -0.2) is 12.1 Å². The number of nitrogens with two attached hydrogens (primary N) is 1. The van der Waals surface area contributed by atoms with E-state index in [1.165, 1.54) is 25.7 Å². The third-order valence-electron chi connectivity index (χ3n) is 3.30. The summed E-state index contributed by atoms with van der Waals surface area (Å²) in [5, 5.41) is 3.57. The maximum atomic E-state index is 5.93. The number of hydrogen-bond acceptors (Lipinski definition) is 2. The first-order chi connectivity index (χ1) is 8.59. The maximum Gasteiger partial charge on any atom is 0.0467 e. The lowest BCUT2D eigenvalue weighted by atomic mass is 9.93. The third-order valence-corrected chi connectivity index (χ3v) is 3.80. The molecule has 1 aromatic carbocycles. The lowest BCUT2D eigenvalue weighted by Gasteiger charge is -2.31. The largest absolute Gasteiger partial charge is 0.379 e. The van der Waals surface area contributed by atoms with Gasteiger partial charge in [-0.25, -0.2) is 0 Å². The molecule has 0 aliphatic heterocycles. The Kier molecular flexibility index (Phi) is 6.72. The van der Waals surface area contributed by atoms with Crippen molar-refractivity contribution in [1.29, 1.82) is 0 Å². The molecule has 1 rings (SSSR count). The van der Waals surface area contributed by atoms with Gasteiger partial charge in [0.15, 0.2) is 0 Å². The zero-order valence-corrected chi connectivity index (χ0v) is 13.1. The highest BCUT2D eigenvalue weighted by Gasteiger charge is 2.21. The maximum absolute atomic E-state index is 5.93. The predicted octanol–water partition coefficient (Wildman–Crippen LogP) is 4.55. The molecule has 0 fully saturated rings. The van der Waals surface area contributed by atoms with E-state index in [9.17, 15) is 0 Å². The highest BCUT2D eigenvalue weighted by atomic mass is 79.9. The monoisotopic (exact) mass is 312 g/mol. The molecule has 0 amide bonds. The fourth-order valence-corrected chi connectivity index (χ4v) is 2.47. The molecule has 0 aliphatic rings. The molecule has 1 unspecified atom stereocenters. The van der Waals surface area contributed by atoms with Crippen LogP contribution in [0.15, 0.2) is 28.7 Å². The van der Waals surface area contributed by atoms with Crippen molar-refractivity contribution in [3.05, 3.63) is 28.7 Å². The van der Waals surface area contributed by atoms with Crippen LogP contribution in [0.4, 0.5) is 5.69 Å². The van der Waals surface area contributed by atoms with Crippen LogP contribution in [0.5, 0.6) is 0 Å². The molecule has 0 spiro atoms. The van der Waals surface area contributed by atoms with E-state index in [0.717, 1.165) is 16.6 Å². The summed E-state index contributed by atoms with van der Waals surface area (Å²) in [6, 6.07) is 8.26. The standard InChI is InChI=1S/C15H25BrN2/c1-3-4-5-6-10-15(2,12-17)18-14-9-7-8-13(16)11-14/h7-9,11,18H,3-6,10,12,17H2,1-2H3. The minimum atomic E-state index is -0.00542. The van der Waals surface area contributed by atoms with Crippen molar-refractivity contribution in [2.24, 2.45) is 5.73 Å². The van der Waals surface area contributed by atoms with E-state index in [0.29, 0.717) is 6.54 Å². The zero-order valence-electron chi connectivity index (χ0n) is 11.5. The lowest BCUT2D eigenvalue weighted by molar-refractivity contribution is 0.451. The van der Waals surface area contributed by atoms with Gasteiger partial charge in [-0.15, -0.1) is 0 Å². The Morgan fingerprint density at radius 1 is 1.28 bits per heavy atom. The van der Waals surface area contributed by atoms with Gasteiger partial charge in [0.1, 0.15) is 0 Å². The summed E-state index contributed by atoms with van der Waals surface area (Å²) in [5.74, 6) is 0. The van der Waals surface area contributed by atoms with Gasteiger partial charge in [-0.1, -0.05) is 54.6 Å². The quantitative estimate of drug-likeness (QED) is 0.691. The Labute approximate surface area is 119 Å². The predicted molar refractivity (Wildman–Crippen MR) is 84.0 cm³/mol. The molecular formula is C15H25BrN2. The van der Waals surface area contributed by atoms with Crippen molar-refractivity contribution in [2.75, 3.05) is 11.9 Å². The average molecular weight is 313 g/mol. The van der Waals surface area contributed by atoms with Gasteiger partial charge in [-0.2, -0.15) is 0 Å². The first-order valence-corrected chi connectivity index (χ1v) is 7.63. The summed E-state index contributed by atoms with van der Waals surface area (Å²) in [6.07, 6.45) is 6.25. The van der Waals surface area contributed by atoms with Crippen molar-refractivity contribution in [3.8, 4) is 0 Å². The van der Waals surface area contributed by atoms with Crippen LogP contribution >= 0.6 is 15.9 Å². The van der Waals surface area contributed by atoms with Crippen LogP contribution in [-0.2, 0) is 0 Å². The lowest BCUT2D eigenvalue weighted by Crippen LogP contribution is -2.42. The molecule has 0 radical (unpaired) electrons. The minimum absolute atomic E-state index is 0.00542. The molecule has 0 saturated carbocycles. The van der Waals surface area contributed by atoms with E-state index in [2.05, 4.69) is 47.2 Å². The normalized spacial score (nSPS) is 14.2. The van der Waals surface area contributed by atoms with Gasteiger partial charge in [-0.3, -0.25) is 0 Å². The van der Waals surface area contributed by atoms with E-state index < -0.39 is 0 Å². The summed E-state index contributed by atoms with van der Waals surface area (Å²) >= 11 is 3.49. The molecular weight excluding hydrogens is 288 g/mol. The summed E-state index contributed by atoms with van der Waals surface area (Å²) in [5.41, 5.74) is 7.06.